The minimum Gasteiger partial charge on any atom is -0.493 e. The molecule has 0 fully saturated rings. The zero-order chi connectivity index (χ0) is 20.4. The highest BCUT2D eigenvalue weighted by Gasteiger charge is 2.34. The number of benzene rings is 2. The third kappa shape index (κ3) is 7.60. The van der Waals surface area contributed by atoms with Gasteiger partial charge in [-0.15, -0.1) is 0 Å². The van der Waals surface area contributed by atoms with Crippen molar-refractivity contribution in [2.24, 2.45) is 0 Å². The molecule has 0 saturated heterocycles. The molecule has 0 aliphatic carbocycles. The minimum absolute atomic E-state index is 0.0244. The molecular formula is C21H24F3NO3. The molecule has 0 atom stereocenters. The molecule has 0 aliphatic heterocycles. The van der Waals surface area contributed by atoms with E-state index in [-0.39, 0.29) is 25.3 Å². The fourth-order valence-electron chi connectivity index (χ4n) is 2.73. The van der Waals surface area contributed by atoms with Crippen LogP contribution < -0.4 is 10.1 Å². The van der Waals surface area contributed by atoms with Gasteiger partial charge in [0.05, 0.1) is 12.2 Å². The predicted octanol–water partition coefficient (Wildman–Crippen LogP) is 4.67. The third-order valence-corrected chi connectivity index (χ3v) is 4.13. The van der Waals surface area contributed by atoms with Crippen LogP contribution in [-0.2, 0) is 23.9 Å². The number of alkyl halides is 3. The van der Waals surface area contributed by atoms with Gasteiger partial charge in [0, 0.05) is 13.0 Å². The lowest BCUT2D eigenvalue weighted by atomic mass is 10.1. The summed E-state index contributed by atoms with van der Waals surface area (Å²) in [7, 11) is 0. The van der Waals surface area contributed by atoms with Gasteiger partial charge in [-0.1, -0.05) is 36.4 Å². The molecule has 2 rings (SSSR count). The van der Waals surface area contributed by atoms with Crippen molar-refractivity contribution < 1.29 is 27.8 Å². The molecule has 0 aromatic heterocycles. The number of carboxylic acids is 1. The largest absolute Gasteiger partial charge is 0.493 e. The van der Waals surface area contributed by atoms with E-state index in [9.17, 15) is 18.0 Å². The minimum atomic E-state index is -4.51. The van der Waals surface area contributed by atoms with Gasteiger partial charge >= 0.3 is 12.1 Å². The molecule has 28 heavy (non-hydrogen) atoms. The van der Waals surface area contributed by atoms with Crippen molar-refractivity contribution in [2.75, 3.05) is 13.2 Å². The SMILES string of the molecule is O=C(O)CCCNCc1ccc(OCCCc2ccccc2)c(C(F)(F)F)c1. The number of carboxylic acid groups (broad SMARTS) is 1. The van der Waals surface area contributed by atoms with Gasteiger partial charge in [0.1, 0.15) is 5.75 Å². The van der Waals surface area contributed by atoms with E-state index in [0.29, 0.717) is 24.9 Å². The summed E-state index contributed by atoms with van der Waals surface area (Å²) in [6, 6.07) is 13.7. The predicted molar refractivity (Wildman–Crippen MR) is 100 cm³/mol. The highest BCUT2D eigenvalue weighted by atomic mass is 19.4. The van der Waals surface area contributed by atoms with Gasteiger partial charge in [-0.25, -0.2) is 0 Å². The summed E-state index contributed by atoms with van der Waals surface area (Å²) in [5.41, 5.74) is 0.794. The molecule has 0 radical (unpaired) electrons. The topological polar surface area (TPSA) is 58.6 Å². The average molecular weight is 395 g/mol. The van der Waals surface area contributed by atoms with Crippen molar-refractivity contribution in [1.29, 1.82) is 0 Å². The summed E-state index contributed by atoms with van der Waals surface area (Å²) in [6.45, 7) is 0.854. The summed E-state index contributed by atoms with van der Waals surface area (Å²) >= 11 is 0. The van der Waals surface area contributed by atoms with Crippen molar-refractivity contribution in [1.82, 2.24) is 5.32 Å². The first kappa shape index (κ1) is 21.8. The van der Waals surface area contributed by atoms with Crippen LogP contribution in [-0.4, -0.2) is 24.2 Å². The van der Waals surface area contributed by atoms with Crippen LogP contribution in [0, 0.1) is 0 Å². The Labute approximate surface area is 162 Å². The van der Waals surface area contributed by atoms with Gasteiger partial charge in [-0.3, -0.25) is 4.79 Å². The summed E-state index contributed by atoms with van der Waals surface area (Å²) < 4.78 is 45.5. The summed E-state index contributed by atoms with van der Waals surface area (Å²) in [5, 5.41) is 11.5. The first-order chi connectivity index (χ1) is 13.4. The molecule has 0 unspecified atom stereocenters. The average Bonchev–Trinajstić information content (AvgIpc) is 2.65. The second-order valence-electron chi connectivity index (χ2n) is 6.44. The van der Waals surface area contributed by atoms with Crippen LogP contribution in [0.4, 0.5) is 13.2 Å². The Morgan fingerprint density at radius 2 is 1.79 bits per heavy atom. The maximum absolute atomic E-state index is 13.4. The third-order valence-electron chi connectivity index (χ3n) is 4.13. The maximum Gasteiger partial charge on any atom is 0.419 e. The summed E-state index contributed by atoms with van der Waals surface area (Å²) in [6.07, 6.45) is -2.70. The highest BCUT2D eigenvalue weighted by molar-refractivity contribution is 5.66. The molecule has 2 N–H and O–H groups in total. The molecule has 0 amide bonds. The molecule has 152 valence electrons. The Morgan fingerprint density at radius 3 is 2.46 bits per heavy atom. The maximum atomic E-state index is 13.4. The zero-order valence-corrected chi connectivity index (χ0v) is 15.5. The van der Waals surface area contributed by atoms with E-state index in [0.717, 1.165) is 18.1 Å². The van der Waals surface area contributed by atoms with Crippen LogP contribution in [0.2, 0.25) is 0 Å². The Bertz CT molecular complexity index is 748. The van der Waals surface area contributed by atoms with E-state index in [1.54, 1.807) is 6.07 Å². The smallest absolute Gasteiger partial charge is 0.419 e. The van der Waals surface area contributed by atoms with Crippen LogP contribution in [0.1, 0.15) is 36.0 Å². The lowest BCUT2D eigenvalue weighted by molar-refractivity contribution is -0.139. The number of halogens is 3. The fourth-order valence-corrected chi connectivity index (χ4v) is 2.73. The van der Waals surface area contributed by atoms with Crippen LogP contribution in [0.25, 0.3) is 0 Å². The lowest BCUT2D eigenvalue weighted by Gasteiger charge is -2.16. The van der Waals surface area contributed by atoms with Crippen molar-refractivity contribution in [3.8, 4) is 5.75 Å². The Balaban J connectivity index is 1.89. The zero-order valence-electron chi connectivity index (χ0n) is 15.5. The van der Waals surface area contributed by atoms with E-state index in [1.165, 1.54) is 6.07 Å². The summed E-state index contributed by atoms with van der Waals surface area (Å²) in [4.78, 5) is 10.4. The van der Waals surface area contributed by atoms with Crippen LogP contribution >= 0.6 is 0 Å². The molecule has 4 nitrogen and oxygen atoms in total. The molecule has 2 aromatic carbocycles. The number of rotatable bonds is 11. The van der Waals surface area contributed by atoms with E-state index in [2.05, 4.69) is 5.32 Å². The number of hydrogen-bond acceptors (Lipinski definition) is 3. The molecule has 2 aromatic rings. The first-order valence-electron chi connectivity index (χ1n) is 9.15. The molecular weight excluding hydrogens is 371 g/mol. The molecule has 0 bridgehead atoms. The Kier molecular flexibility index (Phi) is 8.32. The van der Waals surface area contributed by atoms with Crippen LogP contribution in [0.5, 0.6) is 5.75 Å². The molecule has 7 heteroatoms. The Morgan fingerprint density at radius 1 is 1.04 bits per heavy atom. The van der Waals surface area contributed by atoms with Crippen molar-refractivity contribution >= 4 is 5.97 Å². The van der Waals surface area contributed by atoms with Crippen molar-refractivity contribution in [2.45, 2.75) is 38.4 Å². The van der Waals surface area contributed by atoms with E-state index >= 15 is 0 Å². The van der Waals surface area contributed by atoms with E-state index < -0.39 is 17.7 Å². The van der Waals surface area contributed by atoms with Crippen LogP contribution in [0.3, 0.4) is 0 Å². The van der Waals surface area contributed by atoms with Gasteiger partial charge in [-0.05, 0) is 49.1 Å². The lowest BCUT2D eigenvalue weighted by Crippen LogP contribution is -2.17. The normalized spacial score (nSPS) is 11.4. The second kappa shape index (κ2) is 10.7. The van der Waals surface area contributed by atoms with Gasteiger partial charge in [-0.2, -0.15) is 13.2 Å². The van der Waals surface area contributed by atoms with Gasteiger partial charge in [0.25, 0.3) is 0 Å². The van der Waals surface area contributed by atoms with Crippen molar-refractivity contribution in [3.63, 3.8) is 0 Å². The molecule has 0 aliphatic rings. The molecule has 0 saturated carbocycles. The fraction of sp³-hybridized carbons (Fsp3) is 0.381. The number of hydrogen-bond donors (Lipinski definition) is 2. The quantitative estimate of drug-likeness (QED) is 0.543. The second-order valence-corrected chi connectivity index (χ2v) is 6.44. The first-order valence-corrected chi connectivity index (χ1v) is 9.15. The van der Waals surface area contributed by atoms with E-state index in [1.807, 2.05) is 30.3 Å². The van der Waals surface area contributed by atoms with Gasteiger partial charge in [0.15, 0.2) is 0 Å². The highest BCUT2D eigenvalue weighted by Crippen LogP contribution is 2.37. The standard InChI is InChI=1S/C21H24F3NO3/c22-21(23,24)18-14-17(15-25-12-4-9-20(26)27)10-11-19(18)28-13-5-8-16-6-2-1-3-7-16/h1-3,6-7,10-11,14,25H,4-5,8-9,12-13,15H2,(H,26,27). The number of ether oxygens (including phenoxy) is 1. The van der Waals surface area contributed by atoms with Gasteiger partial charge < -0.3 is 15.2 Å². The number of nitrogens with one attached hydrogen (secondary N) is 1. The van der Waals surface area contributed by atoms with Crippen molar-refractivity contribution in [3.05, 3.63) is 65.2 Å². The molecule has 0 heterocycles. The monoisotopic (exact) mass is 395 g/mol. The van der Waals surface area contributed by atoms with Gasteiger partial charge in [0.2, 0.25) is 0 Å². The summed E-state index contributed by atoms with van der Waals surface area (Å²) in [5.74, 6) is -1.06. The van der Waals surface area contributed by atoms with Crippen LogP contribution in [0.15, 0.2) is 48.5 Å². The number of carbonyl (C=O) groups is 1. The van der Waals surface area contributed by atoms with E-state index in [4.69, 9.17) is 9.84 Å². The number of aliphatic carboxylic acids is 1. The molecule has 0 spiro atoms. The Hall–Kier alpha value is -2.54. The number of aryl methyl sites for hydroxylation is 1.